The van der Waals surface area contributed by atoms with Crippen molar-refractivity contribution in [3.63, 3.8) is 0 Å². The Morgan fingerprint density at radius 1 is 0.868 bits per heavy atom. The van der Waals surface area contributed by atoms with Gasteiger partial charge in [0.05, 0.1) is 5.92 Å². The van der Waals surface area contributed by atoms with E-state index < -0.39 is 37.3 Å². The Kier molecular flexibility index (Phi) is 9.13. The molecule has 38 heavy (non-hydrogen) atoms. The third kappa shape index (κ3) is 7.42. The lowest BCUT2D eigenvalue weighted by molar-refractivity contribution is -0.141. The van der Waals surface area contributed by atoms with Gasteiger partial charge < -0.3 is 20.1 Å². The fourth-order valence-corrected chi connectivity index (χ4v) is 6.97. The summed E-state index contributed by atoms with van der Waals surface area (Å²) >= 11 is 1.31. The fourth-order valence-electron chi connectivity index (χ4n) is 4.12. The van der Waals surface area contributed by atoms with Crippen LogP contribution in [-0.2, 0) is 27.1 Å². The molecule has 3 aromatic carbocycles. The van der Waals surface area contributed by atoms with Gasteiger partial charge in [-0.05, 0) is 51.1 Å². The molecule has 0 aliphatic heterocycles. The van der Waals surface area contributed by atoms with Crippen LogP contribution in [0.3, 0.4) is 0 Å². The predicted molar refractivity (Wildman–Crippen MR) is 148 cm³/mol. The maximum Gasteiger partial charge on any atom is 0.408 e. The molecule has 0 aliphatic carbocycles. The van der Waals surface area contributed by atoms with E-state index in [2.05, 4.69) is 5.32 Å². The van der Waals surface area contributed by atoms with E-state index in [1.807, 2.05) is 72.8 Å². The number of hydrogen-bond acceptors (Lipinski definition) is 5. The zero-order valence-corrected chi connectivity index (χ0v) is 22.2. The van der Waals surface area contributed by atoms with E-state index in [0.717, 1.165) is 22.3 Å². The van der Waals surface area contributed by atoms with Crippen molar-refractivity contribution in [1.82, 2.24) is 5.32 Å². The van der Waals surface area contributed by atoms with Crippen molar-refractivity contribution in [2.24, 2.45) is 5.92 Å². The minimum Gasteiger partial charge on any atom is -0.481 e. The van der Waals surface area contributed by atoms with Gasteiger partial charge in [0.25, 0.3) is 0 Å². The molecule has 0 radical (unpaired) electrons. The highest BCUT2D eigenvalue weighted by Gasteiger charge is 2.38. The van der Waals surface area contributed by atoms with Gasteiger partial charge in [0, 0.05) is 6.16 Å². The summed E-state index contributed by atoms with van der Waals surface area (Å²) in [5.74, 6) is -3.60. The number of carboxylic acid groups (broad SMARTS) is 1. The van der Waals surface area contributed by atoms with Crippen molar-refractivity contribution in [3.05, 3.63) is 118 Å². The first-order chi connectivity index (χ1) is 18.3. The summed E-state index contributed by atoms with van der Waals surface area (Å²) in [6.07, 6.45) is -1.30. The Labute approximate surface area is 225 Å². The van der Waals surface area contributed by atoms with Gasteiger partial charge in [-0.15, -0.1) is 0 Å². The summed E-state index contributed by atoms with van der Waals surface area (Å²) in [6, 6.07) is 27.9. The van der Waals surface area contributed by atoms with Crippen LogP contribution in [0.5, 0.6) is 0 Å². The molecule has 196 valence electrons. The smallest absolute Gasteiger partial charge is 0.408 e. The molecular weight excluding hydrogens is 521 g/mol. The van der Waals surface area contributed by atoms with Crippen molar-refractivity contribution < 1.29 is 28.9 Å². The molecule has 0 aliphatic rings. The number of rotatable bonds is 11. The van der Waals surface area contributed by atoms with Crippen LogP contribution in [-0.4, -0.2) is 28.2 Å². The third-order valence-electron chi connectivity index (χ3n) is 6.10. The van der Waals surface area contributed by atoms with Gasteiger partial charge in [0.15, 0.2) is 0 Å². The highest BCUT2D eigenvalue weighted by atomic mass is 32.1. The highest BCUT2D eigenvalue weighted by Crippen LogP contribution is 2.55. The molecule has 3 atom stereocenters. The minimum absolute atomic E-state index is 0.00448. The van der Waals surface area contributed by atoms with Gasteiger partial charge in [-0.25, -0.2) is 4.79 Å². The maximum atomic E-state index is 13.6. The lowest BCUT2D eigenvalue weighted by atomic mass is 9.98. The number of benzene rings is 3. The van der Waals surface area contributed by atoms with Crippen LogP contribution in [0, 0.1) is 5.92 Å². The topological polar surface area (TPSA) is 113 Å². The summed E-state index contributed by atoms with van der Waals surface area (Å²) in [5.41, 5.74) is 3.96. The van der Waals surface area contributed by atoms with Crippen LogP contribution in [0.4, 0.5) is 4.79 Å². The zero-order chi connectivity index (χ0) is 27.0. The average Bonchev–Trinajstić information content (AvgIpc) is 3.46. The fraction of sp³-hybridized carbons (Fsp3) is 0.172. The Morgan fingerprint density at radius 2 is 1.50 bits per heavy atom. The number of thiophene rings is 1. The number of carboxylic acids is 1. The molecule has 9 heteroatoms. The standard InChI is InChI=1S/C29H28NO6PS/c31-28(32)26(17-21-11-13-24(14-12-21)23-9-5-2-6-10-23)19-37(34,35)27(25-15-16-38-20-25)30-29(33)36-18-22-7-3-1-4-8-22/h1-16,20,26-27H,17-19H2,(H,30,33)(H,31,32)(H,34,35)/t26?,27-/m1/s1. The number of ether oxygens (including phenoxy) is 1. The van der Waals surface area contributed by atoms with Crippen LogP contribution >= 0.6 is 18.7 Å². The van der Waals surface area contributed by atoms with Crippen molar-refractivity contribution in [3.8, 4) is 11.1 Å². The molecule has 1 heterocycles. The molecule has 7 nitrogen and oxygen atoms in total. The Balaban J connectivity index is 1.46. The monoisotopic (exact) mass is 549 g/mol. The first-order valence-electron chi connectivity index (χ1n) is 12.0. The zero-order valence-electron chi connectivity index (χ0n) is 20.5. The van der Waals surface area contributed by atoms with Gasteiger partial charge in [0.2, 0.25) is 7.37 Å². The minimum atomic E-state index is -4.23. The lowest BCUT2D eigenvalue weighted by Crippen LogP contribution is -2.31. The molecule has 0 saturated carbocycles. The molecule has 2 unspecified atom stereocenters. The van der Waals surface area contributed by atoms with Crippen LogP contribution in [0.25, 0.3) is 11.1 Å². The SMILES string of the molecule is O=C(N[C@@H](c1ccsc1)P(=O)(O)CC(Cc1ccc(-c2ccccc2)cc1)C(=O)O)OCc1ccccc1. The van der Waals surface area contributed by atoms with Crippen LogP contribution in [0.2, 0.25) is 0 Å². The molecule has 4 aromatic rings. The van der Waals surface area contributed by atoms with Crippen LogP contribution in [0.15, 0.2) is 102 Å². The number of nitrogens with one attached hydrogen (secondary N) is 1. The van der Waals surface area contributed by atoms with E-state index in [1.165, 1.54) is 11.3 Å². The Morgan fingerprint density at radius 3 is 2.11 bits per heavy atom. The normalized spacial score (nSPS) is 14.1. The molecule has 1 amide bonds. The molecular formula is C29H28NO6PS. The largest absolute Gasteiger partial charge is 0.481 e. The number of carbonyl (C=O) groups excluding carboxylic acids is 1. The predicted octanol–water partition coefficient (Wildman–Crippen LogP) is 6.55. The third-order valence-corrected chi connectivity index (χ3v) is 9.00. The van der Waals surface area contributed by atoms with Crippen molar-refractivity contribution >= 4 is 30.8 Å². The van der Waals surface area contributed by atoms with Crippen molar-refractivity contribution in [2.75, 3.05) is 6.16 Å². The second-order valence-electron chi connectivity index (χ2n) is 8.91. The maximum absolute atomic E-state index is 13.6. The molecule has 0 saturated heterocycles. The van der Waals surface area contributed by atoms with Gasteiger partial charge in [0.1, 0.15) is 12.4 Å². The number of carbonyl (C=O) groups is 2. The number of amides is 1. The Hall–Kier alpha value is -3.71. The van der Waals surface area contributed by atoms with Gasteiger partial charge in [-0.3, -0.25) is 9.36 Å². The van der Waals surface area contributed by atoms with E-state index in [9.17, 15) is 24.2 Å². The first kappa shape index (κ1) is 27.3. The highest BCUT2D eigenvalue weighted by molar-refractivity contribution is 7.58. The van der Waals surface area contributed by atoms with E-state index in [4.69, 9.17) is 4.74 Å². The van der Waals surface area contributed by atoms with E-state index in [1.54, 1.807) is 29.0 Å². The lowest BCUT2D eigenvalue weighted by Gasteiger charge is -2.26. The summed E-state index contributed by atoms with van der Waals surface area (Å²) < 4.78 is 18.8. The number of aliphatic carboxylic acids is 1. The summed E-state index contributed by atoms with van der Waals surface area (Å²) in [6.45, 7) is -0.00448. The second-order valence-corrected chi connectivity index (χ2v) is 12.1. The van der Waals surface area contributed by atoms with Gasteiger partial charge >= 0.3 is 12.1 Å². The molecule has 3 N–H and O–H groups in total. The van der Waals surface area contributed by atoms with Crippen molar-refractivity contribution in [2.45, 2.75) is 18.8 Å². The van der Waals surface area contributed by atoms with Gasteiger partial charge in [-0.2, -0.15) is 11.3 Å². The molecule has 4 rings (SSSR count). The number of hydrogen-bond donors (Lipinski definition) is 3. The van der Waals surface area contributed by atoms with E-state index >= 15 is 0 Å². The summed E-state index contributed by atoms with van der Waals surface area (Å²) in [4.78, 5) is 35.8. The second kappa shape index (κ2) is 12.7. The molecule has 0 fully saturated rings. The summed E-state index contributed by atoms with van der Waals surface area (Å²) in [5, 5.41) is 15.8. The summed E-state index contributed by atoms with van der Waals surface area (Å²) in [7, 11) is -4.23. The Bertz CT molecular complexity index is 1380. The number of alkyl carbamates (subject to hydrolysis) is 1. The average molecular weight is 550 g/mol. The van der Waals surface area contributed by atoms with Crippen LogP contribution < -0.4 is 5.32 Å². The molecule has 1 aromatic heterocycles. The van der Waals surface area contributed by atoms with Gasteiger partial charge in [-0.1, -0.05) is 84.9 Å². The van der Waals surface area contributed by atoms with E-state index in [-0.39, 0.29) is 13.0 Å². The van der Waals surface area contributed by atoms with Crippen molar-refractivity contribution in [1.29, 1.82) is 0 Å². The van der Waals surface area contributed by atoms with Crippen LogP contribution in [0.1, 0.15) is 22.5 Å². The molecule has 0 bridgehead atoms. The first-order valence-corrected chi connectivity index (χ1v) is 14.9. The van der Waals surface area contributed by atoms with E-state index in [0.29, 0.717) is 5.56 Å². The quantitative estimate of drug-likeness (QED) is 0.183. The molecule has 0 spiro atoms.